The molecular formula is C14H16Br2N2O. The Hall–Kier alpha value is -0.650. The lowest BCUT2D eigenvalue weighted by Crippen LogP contribution is -2.09. The van der Waals surface area contributed by atoms with Crippen LogP contribution < -0.4 is 0 Å². The zero-order valence-corrected chi connectivity index (χ0v) is 14.1. The molecule has 1 N–H and O–H groups in total. The van der Waals surface area contributed by atoms with E-state index in [0.717, 1.165) is 32.4 Å². The SMILES string of the molecule is CCn1nc(C)c(Br)c1CC(O)c1ccccc1Br. The fourth-order valence-electron chi connectivity index (χ4n) is 2.10. The van der Waals surface area contributed by atoms with Crippen molar-refractivity contribution in [2.75, 3.05) is 0 Å². The molecule has 0 aliphatic heterocycles. The summed E-state index contributed by atoms with van der Waals surface area (Å²) in [6.45, 7) is 4.81. The van der Waals surface area contributed by atoms with E-state index in [0.29, 0.717) is 6.42 Å². The summed E-state index contributed by atoms with van der Waals surface area (Å²) in [5.74, 6) is 0. The lowest BCUT2D eigenvalue weighted by atomic mass is 10.0. The van der Waals surface area contributed by atoms with Gasteiger partial charge in [-0.3, -0.25) is 4.68 Å². The monoisotopic (exact) mass is 386 g/mol. The fourth-order valence-corrected chi connectivity index (χ4v) is 3.10. The molecule has 0 fully saturated rings. The van der Waals surface area contributed by atoms with Crippen molar-refractivity contribution >= 4 is 31.9 Å². The quantitative estimate of drug-likeness (QED) is 0.860. The molecule has 0 saturated heterocycles. The van der Waals surface area contributed by atoms with Crippen LogP contribution in [0.15, 0.2) is 33.2 Å². The van der Waals surface area contributed by atoms with E-state index in [1.807, 2.05) is 42.8 Å². The Balaban J connectivity index is 2.29. The van der Waals surface area contributed by atoms with Gasteiger partial charge in [0.2, 0.25) is 0 Å². The predicted octanol–water partition coefficient (Wildman–Crippen LogP) is 4.01. The Bertz CT molecular complexity index is 581. The maximum atomic E-state index is 10.4. The van der Waals surface area contributed by atoms with Crippen molar-refractivity contribution in [1.29, 1.82) is 0 Å². The number of aliphatic hydroxyl groups excluding tert-OH is 1. The van der Waals surface area contributed by atoms with E-state index >= 15 is 0 Å². The second-order valence-electron chi connectivity index (χ2n) is 4.40. The number of benzene rings is 1. The van der Waals surface area contributed by atoms with Crippen LogP contribution in [0.4, 0.5) is 0 Å². The molecule has 3 nitrogen and oxygen atoms in total. The van der Waals surface area contributed by atoms with Gasteiger partial charge in [0.1, 0.15) is 0 Å². The fraction of sp³-hybridized carbons (Fsp3) is 0.357. The highest BCUT2D eigenvalue weighted by Crippen LogP contribution is 2.29. The third kappa shape index (κ3) is 3.09. The minimum Gasteiger partial charge on any atom is -0.388 e. The van der Waals surface area contributed by atoms with E-state index in [1.165, 1.54) is 0 Å². The molecule has 0 saturated carbocycles. The molecule has 0 aliphatic rings. The molecule has 0 amide bonds. The number of nitrogens with zero attached hydrogens (tertiary/aromatic N) is 2. The summed E-state index contributed by atoms with van der Waals surface area (Å²) in [5, 5.41) is 14.9. The number of aliphatic hydroxyl groups is 1. The molecular weight excluding hydrogens is 372 g/mol. The van der Waals surface area contributed by atoms with Gasteiger partial charge in [-0.2, -0.15) is 5.10 Å². The number of hydrogen-bond donors (Lipinski definition) is 1. The Kier molecular flexibility index (Phi) is 4.81. The van der Waals surface area contributed by atoms with E-state index < -0.39 is 6.10 Å². The van der Waals surface area contributed by atoms with E-state index in [9.17, 15) is 5.11 Å². The highest BCUT2D eigenvalue weighted by molar-refractivity contribution is 9.10. The van der Waals surface area contributed by atoms with Crippen molar-refractivity contribution < 1.29 is 5.11 Å². The topological polar surface area (TPSA) is 38.0 Å². The average Bonchev–Trinajstić information content (AvgIpc) is 2.67. The molecule has 0 radical (unpaired) electrons. The van der Waals surface area contributed by atoms with Crippen molar-refractivity contribution in [3.8, 4) is 0 Å². The largest absolute Gasteiger partial charge is 0.388 e. The highest BCUT2D eigenvalue weighted by atomic mass is 79.9. The Morgan fingerprint density at radius 1 is 1.32 bits per heavy atom. The first-order chi connectivity index (χ1) is 9.04. The third-order valence-corrected chi connectivity index (χ3v) is 4.86. The van der Waals surface area contributed by atoms with Crippen LogP contribution in [0, 0.1) is 6.92 Å². The molecule has 1 heterocycles. The lowest BCUT2D eigenvalue weighted by molar-refractivity contribution is 0.174. The number of hydrogen-bond acceptors (Lipinski definition) is 2. The standard InChI is InChI=1S/C14H16Br2N2O/c1-3-18-12(14(16)9(2)17-18)8-13(19)10-6-4-5-7-11(10)15/h4-7,13,19H,3,8H2,1-2H3. The third-order valence-electron chi connectivity index (χ3n) is 3.10. The van der Waals surface area contributed by atoms with Crippen LogP contribution in [-0.4, -0.2) is 14.9 Å². The molecule has 5 heteroatoms. The van der Waals surface area contributed by atoms with E-state index in [1.54, 1.807) is 0 Å². The molecule has 0 aliphatic carbocycles. The molecule has 1 unspecified atom stereocenters. The summed E-state index contributed by atoms with van der Waals surface area (Å²) >= 11 is 7.03. The molecule has 2 aromatic rings. The normalized spacial score (nSPS) is 12.7. The molecule has 1 atom stereocenters. The van der Waals surface area contributed by atoms with E-state index in [4.69, 9.17) is 0 Å². The van der Waals surface area contributed by atoms with Gasteiger partial charge in [-0.25, -0.2) is 0 Å². The summed E-state index contributed by atoms with van der Waals surface area (Å²) in [6.07, 6.45) is -0.00833. The van der Waals surface area contributed by atoms with Crippen molar-refractivity contribution in [2.24, 2.45) is 0 Å². The van der Waals surface area contributed by atoms with Gasteiger partial charge in [0.25, 0.3) is 0 Å². The molecule has 102 valence electrons. The van der Waals surface area contributed by atoms with Gasteiger partial charge in [-0.1, -0.05) is 34.1 Å². The second kappa shape index (κ2) is 6.20. The number of aryl methyl sites for hydroxylation is 2. The molecule has 0 bridgehead atoms. The van der Waals surface area contributed by atoms with Crippen molar-refractivity contribution in [1.82, 2.24) is 9.78 Å². The number of rotatable bonds is 4. The summed E-state index contributed by atoms with van der Waals surface area (Å²) in [6, 6.07) is 7.75. The van der Waals surface area contributed by atoms with Crippen LogP contribution in [0.25, 0.3) is 0 Å². The summed E-state index contributed by atoms with van der Waals surface area (Å²) in [4.78, 5) is 0. The smallest absolute Gasteiger partial charge is 0.0856 e. The van der Waals surface area contributed by atoms with Gasteiger partial charge in [-0.15, -0.1) is 0 Å². The molecule has 0 spiro atoms. The second-order valence-corrected chi connectivity index (χ2v) is 6.05. The van der Waals surface area contributed by atoms with E-state index in [2.05, 4.69) is 37.0 Å². The first-order valence-electron chi connectivity index (χ1n) is 6.18. The van der Waals surface area contributed by atoms with Crippen LogP contribution in [0.3, 0.4) is 0 Å². The Morgan fingerprint density at radius 2 is 2.00 bits per heavy atom. The molecule has 2 rings (SSSR count). The molecule has 19 heavy (non-hydrogen) atoms. The maximum Gasteiger partial charge on any atom is 0.0856 e. The van der Waals surface area contributed by atoms with Crippen molar-refractivity contribution in [2.45, 2.75) is 32.9 Å². The lowest BCUT2D eigenvalue weighted by Gasteiger charge is -2.14. The first kappa shape index (κ1) is 14.8. The predicted molar refractivity (Wildman–Crippen MR) is 83.1 cm³/mol. The van der Waals surface area contributed by atoms with Gasteiger partial charge in [0.15, 0.2) is 0 Å². The van der Waals surface area contributed by atoms with Gasteiger partial charge >= 0.3 is 0 Å². The van der Waals surface area contributed by atoms with Gasteiger partial charge in [0.05, 0.1) is 22.0 Å². The first-order valence-corrected chi connectivity index (χ1v) is 7.77. The Labute approximate surface area is 129 Å². The van der Waals surface area contributed by atoms with Gasteiger partial charge in [0, 0.05) is 17.4 Å². The molecule has 1 aromatic carbocycles. The zero-order chi connectivity index (χ0) is 14.0. The summed E-state index contributed by atoms with van der Waals surface area (Å²) in [5.41, 5.74) is 2.88. The van der Waals surface area contributed by atoms with Crippen LogP contribution >= 0.6 is 31.9 Å². The van der Waals surface area contributed by atoms with Crippen LogP contribution in [-0.2, 0) is 13.0 Å². The van der Waals surface area contributed by atoms with Crippen molar-refractivity contribution in [3.05, 3.63) is 50.2 Å². The number of halogens is 2. The molecule has 1 aromatic heterocycles. The maximum absolute atomic E-state index is 10.4. The van der Waals surface area contributed by atoms with Gasteiger partial charge < -0.3 is 5.11 Å². The van der Waals surface area contributed by atoms with Crippen LogP contribution in [0.1, 0.15) is 30.0 Å². The van der Waals surface area contributed by atoms with Crippen LogP contribution in [0.2, 0.25) is 0 Å². The zero-order valence-electron chi connectivity index (χ0n) is 10.9. The summed E-state index contributed by atoms with van der Waals surface area (Å²) < 4.78 is 3.85. The average molecular weight is 388 g/mol. The number of aromatic nitrogens is 2. The minimum atomic E-state index is -0.548. The van der Waals surface area contributed by atoms with Gasteiger partial charge in [-0.05, 0) is 41.4 Å². The van der Waals surface area contributed by atoms with Crippen molar-refractivity contribution in [3.63, 3.8) is 0 Å². The minimum absolute atomic E-state index is 0.540. The van der Waals surface area contributed by atoms with Crippen LogP contribution in [0.5, 0.6) is 0 Å². The Morgan fingerprint density at radius 3 is 2.63 bits per heavy atom. The van der Waals surface area contributed by atoms with E-state index in [-0.39, 0.29) is 0 Å². The summed E-state index contributed by atoms with van der Waals surface area (Å²) in [7, 11) is 0. The highest BCUT2D eigenvalue weighted by Gasteiger charge is 2.18.